The van der Waals surface area contributed by atoms with Crippen molar-refractivity contribution in [2.75, 3.05) is 6.54 Å². The van der Waals surface area contributed by atoms with Gasteiger partial charge in [-0.05, 0) is 18.4 Å². The highest BCUT2D eigenvalue weighted by Gasteiger charge is 2.01. The zero-order chi connectivity index (χ0) is 6.69. The first kappa shape index (κ1) is 6.90. The van der Waals surface area contributed by atoms with Gasteiger partial charge in [0.2, 0.25) is 0 Å². The second-order valence-corrected chi connectivity index (χ2v) is 2.58. The van der Waals surface area contributed by atoms with Gasteiger partial charge in [-0.2, -0.15) is 0 Å². The van der Waals surface area contributed by atoms with Crippen LogP contribution in [-0.4, -0.2) is 6.54 Å². The Morgan fingerprint density at radius 2 is 2.11 bits per heavy atom. The molecule has 0 amide bonds. The van der Waals surface area contributed by atoms with Gasteiger partial charge >= 0.3 is 0 Å². The highest BCUT2D eigenvalue weighted by atomic mass is 32.1. The second kappa shape index (κ2) is 3.08. The summed E-state index contributed by atoms with van der Waals surface area (Å²) >= 11 is 4.25. The molecular weight excluding hydrogens is 130 g/mol. The van der Waals surface area contributed by atoms with Crippen LogP contribution < -0.4 is 5.73 Å². The maximum atomic E-state index is 5.44. The summed E-state index contributed by atoms with van der Waals surface area (Å²) in [5, 5.41) is 0. The summed E-state index contributed by atoms with van der Waals surface area (Å²) in [6, 6.07) is 0. The molecule has 2 heteroatoms. The third-order valence-electron chi connectivity index (χ3n) is 1.44. The Bertz CT molecular complexity index is 158. The Morgan fingerprint density at radius 1 is 1.44 bits per heavy atom. The standard InChI is InChI=1S/C7H11NS/c8-5-6-3-1-2-4-7(6)9/h3-4,9H,1-2,5,8H2. The average Bonchev–Trinajstić information content (AvgIpc) is 1.89. The van der Waals surface area contributed by atoms with Gasteiger partial charge in [0.25, 0.3) is 0 Å². The highest BCUT2D eigenvalue weighted by molar-refractivity contribution is 7.84. The van der Waals surface area contributed by atoms with Gasteiger partial charge in [-0.25, -0.2) is 0 Å². The van der Waals surface area contributed by atoms with E-state index in [1.54, 1.807) is 0 Å². The average molecular weight is 141 g/mol. The van der Waals surface area contributed by atoms with Crippen LogP contribution in [-0.2, 0) is 0 Å². The molecule has 0 aromatic heterocycles. The minimum Gasteiger partial charge on any atom is -0.326 e. The van der Waals surface area contributed by atoms with Crippen LogP contribution in [0.2, 0.25) is 0 Å². The van der Waals surface area contributed by atoms with Crippen molar-refractivity contribution in [1.82, 2.24) is 0 Å². The van der Waals surface area contributed by atoms with E-state index in [-0.39, 0.29) is 0 Å². The van der Waals surface area contributed by atoms with Gasteiger partial charge in [-0.15, -0.1) is 12.6 Å². The third-order valence-corrected chi connectivity index (χ3v) is 1.91. The smallest absolute Gasteiger partial charge is 0.0185 e. The van der Waals surface area contributed by atoms with E-state index in [9.17, 15) is 0 Å². The van der Waals surface area contributed by atoms with Gasteiger partial charge in [-0.3, -0.25) is 0 Å². The minimum absolute atomic E-state index is 0.620. The Balaban J connectivity index is 2.68. The van der Waals surface area contributed by atoms with Crippen molar-refractivity contribution in [3.63, 3.8) is 0 Å². The molecule has 1 nitrogen and oxygen atoms in total. The van der Waals surface area contributed by atoms with E-state index in [1.165, 1.54) is 5.57 Å². The number of nitrogens with two attached hydrogens (primary N) is 1. The molecule has 0 unspecified atom stereocenters. The van der Waals surface area contributed by atoms with Gasteiger partial charge < -0.3 is 5.73 Å². The second-order valence-electron chi connectivity index (χ2n) is 2.10. The lowest BCUT2D eigenvalue weighted by Crippen LogP contribution is -2.04. The number of allylic oxidation sites excluding steroid dienone is 2. The minimum atomic E-state index is 0.620. The molecule has 0 radical (unpaired) electrons. The van der Waals surface area contributed by atoms with Crippen LogP contribution in [0.3, 0.4) is 0 Å². The number of hydrogen-bond donors (Lipinski definition) is 2. The molecule has 0 heterocycles. The lowest BCUT2D eigenvalue weighted by Gasteiger charge is -2.08. The Hall–Kier alpha value is -0.210. The SMILES string of the molecule is NCC1=CCCC=C1S. The summed E-state index contributed by atoms with van der Waals surface area (Å²) in [7, 11) is 0. The van der Waals surface area contributed by atoms with Crippen LogP contribution in [0, 0.1) is 0 Å². The number of hydrogen-bond acceptors (Lipinski definition) is 2. The van der Waals surface area contributed by atoms with Crippen molar-refractivity contribution in [3.8, 4) is 0 Å². The van der Waals surface area contributed by atoms with E-state index in [0.717, 1.165) is 17.7 Å². The topological polar surface area (TPSA) is 26.0 Å². The van der Waals surface area contributed by atoms with E-state index < -0.39 is 0 Å². The van der Waals surface area contributed by atoms with Gasteiger partial charge in [-0.1, -0.05) is 12.2 Å². The van der Waals surface area contributed by atoms with E-state index in [0.29, 0.717) is 6.54 Å². The largest absolute Gasteiger partial charge is 0.326 e. The van der Waals surface area contributed by atoms with Gasteiger partial charge in [0.15, 0.2) is 0 Å². The molecule has 0 atom stereocenters. The molecule has 1 aliphatic rings. The van der Waals surface area contributed by atoms with Crippen LogP contribution in [0.1, 0.15) is 12.8 Å². The zero-order valence-corrected chi connectivity index (χ0v) is 6.20. The normalized spacial score (nSPS) is 18.9. The molecule has 0 aromatic carbocycles. The molecule has 0 fully saturated rings. The summed E-state index contributed by atoms with van der Waals surface area (Å²) in [5.74, 6) is 0. The summed E-state index contributed by atoms with van der Waals surface area (Å²) < 4.78 is 0. The molecule has 9 heavy (non-hydrogen) atoms. The predicted molar refractivity (Wildman–Crippen MR) is 43.4 cm³/mol. The molecule has 50 valence electrons. The molecule has 0 aromatic rings. The quantitative estimate of drug-likeness (QED) is 0.531. The zero-order valence-electron chi connectivity index (χ0n) is 5.30. The summed E-state index contributed by atoms with van der Waals surface area (Å²) in [6.45, 7) is 0.620. The molecule has 0 spiro atoms. The van der Waals surface area contributed by atoms with Crippen molar-refractivity contribution >= 4 is 12.6 Å². The van der Waals surface area contributed by atoms with Crippen molar-refractivity contribution in [2.24, 2.45) is 5.73 Å². The fourth-order valence-corrected chi connectivity index (χ4v) is 1.21. The van der Waals surface area contributed by atoms with Crippen LogP contribution >= 0.6 is 12.6 Å². The first-order chi connectivity index (χ1) is 4.34. The summed E-state index contributed by atoms with van der Waals surface area (Å²) in [5.41, 5.74) is 6.62. The van der Waals surface area contributed by atoms with E-state index in [2.05, 4.69) is 24.8 Å². The monoisotopic (exact) mass is 141 g/mol. The molecule has 0 bridgehead atoms. The Kier molecular flexibility index (Phi) is 2.37. The number of thiol groups is 1. The maximum Gasteiger partial charge on any atom is 0.0185 e. The fourth-order valence-electron chi connectivity index (χ4n) is 0.901. The summed E-state index contributed by atoms with van der Waals surface area (Å²) in [4.78, 5) is 1.06. The molecular formula is C7H11NS. The molecule has 1 rings (SSSR count). The van der Waals surface area contributed by atoms with Crippen LogP contribution in [0.25, 0.3) is 0 Å². The lowest BCUT2D eigenvalue weighted by atomic mass is 10.1. The summed E-state index contributed by atoms with van der Waals surface area (Å²) in [6.07, 6.45) is 6.51. The van der Waals surface area contributed by atoms with Crippen molar-refractivity contribution < 1.29 is 0 Å². The van der Waals surface area contributed by atoms with Crippen LogP contribution in [0.4, 0.5) is 0 Å². The van der Waals surface area contributed by atoms with E-state index >= 15 is 0 Å². The van der Waals surface area contributed by atoms with Crippen molar-refractivity contribution in [2.45, 2.75) is 12.8 Å². The van der Waals surface area contributed by atoms with E-state index in [4.69, 9.17) is 5.73 Å². The van der Waals surface area contributed by atoms with E-state index in [1.807, 2.05) is 0 Å². The van der Waals surface area contributed by atoms with Gasteiger partial charge in [0, 0.05) is 11.4 Å². The van der Waals surface area contributed by atoms with Gasteiger partial charge in [0.05, 0.1) is 0 Å². The first-order valence-electron chi connectivity index (χ1n) is 3.13. The predicted octanol–water partition coefficient (Wildman–Crippen LogP) is 1.48. The molecule has 0 aliphatic heterocycles. The van der Waals surface area contributed by atoms with Crippen LogP contribution in [0.5, 0.6) is 0 Å². The van der Waals surface area contributed by atoms with Gasteiger partial charge in [0.1, 0.15) is 0 Å². The third kappa shape index (κ3) is 1.60. The molecule has 0 saturated carbocycles. The Morgan fingerprint density at radius 3 is 2.56 bits per heavy atom. The maximum absolute atomic E-state index is 5.44. The lowest BCUT2D eigenvalue weighted by molar-refractivity contribution is 0.990. The molecule has 2 N–H and O–H groups in total. The molecule has 1 aliphatic carbocycles. The first-order valence-corrected chi connectivity index (χ1v) is 3.58. The highest BCUT2D eigenvalue weighted by Crippen LogP contribution is 2.19. The number of rotatable bonds is 1. The van der Waals surface area contributed by atoms with Crippen LogP contribution in [0.15, 0.2) is 22.6 Å². The van der Waals surface area contributed by atoms with Crippen molar-refractivity contribution in [1.29, 1.82) is 0 Å². The molecule has 0 saturated heterocycles. The van der Waals surface area contributed by atoms with Crippen molar-refractivity contribution in [3.05, 3.63) is 22.6 Å². The fraction of sp³-hybridized carbons (Fsp3) is 0.429. The Labute approximate surface area is 61.0 Å².